The van der Waals surface area contributed by atoms with Gasteiger partial charge in [-0.2, -0.15) is 0 Å². The SMILES string of the molecule is O=C(NCCCN1CCN(c2ncccn2)CC1)c1csc(Cc2ccccc2)n1. The third kappa shape index (κ3) is 5.61. The topological polar surface area (TPSA) is 74.2 Å². The molecule has 1 aliphatic heterocycles. The minimum Gasteiger partial charge on any atom is -0.351 e. The van der Waals surface area contributed by atoms with Crippen molar-refractivity contribution in [1.82, 2.24) is 25.2 Å². The van der Waals surface area contributed by atoms with E-state index in [1.807, 2.05) is 29.6 Å². The highest BCUT2D eigenvalue weighted by molar-refractivity contribution is 7.09. The molecule has 8 heteroatoms. The minimum absolute atomic E-state index is 0.0865. The second-order valence-electron chi connectivity index (χ2n) is 7.28. The summed E-state index contributed by atoms with van der Waals surface area (Å²) in [6, 6.07) is 12.0. The molecule has 1 fully saturated rings. The Morgan fingerprint density at radius 1 is 1.03 bits per heavy atom. The molecule has 30 heavy (non-hydrogen) atoms. The summed E-state index contributed by atoms with van der Waals surface area (Å²) in [6.07, 6.45) is 5.25. The molecule has 7 nitrogen and oxygen atoms in total. The molecular formula is C22H26N6OS. The molecule has 0 aliphatic carbocycles. The summed E-state index contributed by atoms with van der Waals surface area (Å²) in [4.78, 5) is 30.1. The van der Waals surface area contributed by atoms with E-state index in [-0.39, 0.29) is 5.91 Å². The second-order valence-corrected chi connectivity index (χ2v) is 8.22. The van der Waals surface area contributed by atoms with Crippen LogP contribution in [0, 0.1) is 0 Å². The number of thiazole rings is 1. The average molecular weight is 423 g/mol. The number of hydrogen-bond acceptors (Lipinski definition) is 7. The number of carbonyl (C=O) groups excluding carboxylic acids is 1. The number of carbonyl (C=O) groups is 1. The van der Waals surface area contributed by atoms with Crippen LogP contribution in [-0.4, -0.2) is 65.0 Å². The first-order valence-electron chi connectivity index (χ1n) is 10.3. The molecule has 1 N–H and O–H groups in total. The van der Waals surface area contributed by atoms with Crippen LogP contribution in [0.25, 0.3) is 0 Å². The van der Waals surface area contributed by atoms with Gasteiger partial charge in [-0.25, -0.2) is 15.0 Å². The van der Waals surface area contributed by atoms with Crippen LogP contribution in [0.5, 0.6) is 0 Å². The number of anilines is 1. The van der Waals surface area contributed by atoms with E-state index >= 15 is 0 Å². The zero-order valence-electron chi connectivity index (χ0n) is 16.9. The second kappa shape index (κ2) is 10.3. The molecule has 156 valence electrons. The quantitative estimate of drug-likeness (QED) is 0.562. The molecule has 2 aromatic heterocycles. The summed E-state index contributed by atoms with van der Waals surface area (Å²) in [5, 5.41) is 5.81. The van der Waals surface area contributed by atoms with Gasteiger partial charge in [0.05, 0.1) is 5.01 Å². The van der Waals surface area contributed by atoms with Crippen molar-refractivity contribution in [3.8, 4) is 0 Å². The highest BCUT2D eigenvalue weighted by Crippen LogP contribution is 2.15. The first-order chi connectivity index (χ1) is 14.8. The fraction of sp³-hybridized carbons (Fsp3) is 0.364. The number of benzene rings is 1. The molecule has 3 heterocycles. The van der Waals surface area contributed by atoms with Gasteiger partial charge in [0, 0.05) is 56.9 Å². The lowest BCUT2D eigenvalue weighted by atomic mass is 10.2. The number of aromatic nitrogens is 3. The highest BCUT2D eigenvalue weighted by atomic mass is 32.1. The molecule has 1 aromatic carbocycles. The van der Waals surface area contributed by atoms with Crippen molar-refractivity contribution in [2.75, 3.05) is 44.2 Å². The lowest BCUT2D eigenvalue weighted by Crippen LogP contribution is -2.47. The van der Waals surface area contributed by atoms with Crippen molar-refractivity contribution in [2.45, 2.75) is 12.8 Å². The Bertz CT molecular complexity index is 925. The fourth-order valence-corrected chi connectivity index (χ4v) is 4.30. The molecule has 3 aromatic rings. The molecule has 0 spiro atoms. The van der Waals surface area contributed by atoms with Gasteiger partial charge in [0.2, 0.25) is 5.95 Å². The van der Waals surface area contributed by atoms with E-state index < -0.39 is 0 Å². The number of amides is 1. The van der Waals surface area contributed by atoms with Crippen LogP contribution in [0.15, 0.2) is 54.2 Å². The normalized spacial score (nSPS) is 14.6. The highest BCUT2D eigenvalue weighted by Gasteiger charge is 2.18. The van der Waals surface area contributed by atoms with Crippen molar-refractivity contribution in [1.29, 1.82) is 0 Å². The summed E-state index contributed by atoms with van der Waals surface area (Å²) >= 11 is 1.54. The van der Waals surface area contributed by atoms with Crippen LogP contribution in [0.4, 0.5) is 5.95 Å². The van der Waals surface area contributed by atoms with Gasteiger partial charge in [0.15, 0.2) is 0 Å². The smallest absolute Gasteiger partial charge is 0.270 e. The third-order valence-electron chi connectivity index (χ3n) is 5.13. The molecule has 1 aliphatic rings. The predicted molar refractivity (Wildman–Crippen MR) is 119 cm³/mol. The summed E-state index contributed by atoms with van der Waals surface area (Å²) in [5.74, 6) is 0.718. The van der Waals surface area contributed by atoms with Gasteiger partial charge < -0.3 is 10.2 Å². The number of nitrogens with zero attached hydrogens (tertiary/aromatic N) is 5. The van der Waals surface area contributed by atoms with Crippen LogP contribution in [0.1, 0.15) is 27.5 Å². The molecule has 0 radical (unpaired) electrons. The van der Waals surface area contributed by atoms with Crippen LogP contribution < -0.4 is 10.2 Å². The van der Waals surface area contributed by atoms with Crippen LogP contribution in [-0.2, 0) is 6.42 Å². The molecule has 0 atom stereocenters. The van der Waals surface area contributed by atoms with Gasteiger partial charge in [0.25, 0.3) is 5.91 Å². The number of hydrogen-bond donors (Lipinski definition) is 1. The summed E-state index contributed by atoms with van der Waals surface area (Å²) in [7, 11) is 0. The van der Waals surface area contributed by atoms with Crippen molar-refractivity contribution in [3.63, 3.8) is 0 Å². The molecule has 4 rings (SSSR count). The van der Waals surface area contributed by atoms with E-state index in [1.165, 1.54) is 16.9 Å². The van der Waals surface area contributed by atoms with E-state index in [0.717, 1.165) is 56.5 Å². The maximum atomic E-state index is 12.4. The Labute approximate surface area is 180 Å². The van der Waals surface area contributed by atoms with Gasteiger partial charge in [0.1, 0.15) is 5.69 Å². The maximum absolute atomic E-state index is 12.4. The Morgan fingerprint density at radius 2 is 1.80 bits per heavy atom. The average Bonchev–Trinajstić information content (AvgIpc) is 3.27. The van der Waals surface area contributed by atoms with Gasteiger partial charge in [-0.05, 0) is 24.6 Å². The van der Waals surface area contributed by atoms with E-state index in [1.54, 1.807) is 12.4 Å². The summed E-state index contributed by atoms with van der Waals surface area (Å²) in [6.45, 7) is 5.47. The Morgan fingerprint density at radius 3 is 2.57 bits per heavy atom. The lowest BCUT2D eigenvalue weighted by molar-refractivity contribution is 0.0947. The maximum Gasteiger partial charge on any atom is 0.270 e. The molecular weight excluding hydrogens is 396 g/mol. The van der Waals surface area contributed by atoms with Crippen LogP contribution >= 0.6 is 11.3 Å². The minimum atomic E-state index is -0.0865. The third-order valence-corrected chi connectivity index (χ3v) is 5.98. The van der Waals surface area contributed by atoms with Crippen LogP contribution in [0.3, 0.4) is 0 Å². The van der Waals surface area contributed by atoms with Crippen molar-refractivity contribution in [2.24, 2.45) is 0 Å². The van der Waals surface area contributed by atoms with Gasteiger partial charge in [-0.15, -0.1) is 11.3 Å². The zero-order valence-corrected chi connectivity index (χ0v) is 17.7. The fourth-order valence-electron chi connectivity index (χ4n) is 3.49. The molecule has 0 saturated carbocycles. The molecule has 1 amide bonds. The molecule has 0 unspecified atom stereocenters. The van der Waals surface area contributed by atoms with Crippen molar-refractivity contribution < 1.29 is 4.79 Å². The Hall–Kier alpha value is -2.84. The number of rotatable bonds is 8. The first kappa shape index (κ1) is 20.4. The van der Waals surface area contributed by atoms with Crippen LogP contribution in [0.2, 0.25) is 0 Å². The van der Waals surface area contributed by atoms with Crippen molar-refractivity contribution in [3.05, 3.63) is 70.4 Å². The zero-order chi connectivity index (χ0) is 20.6. The summed E-state index contributed by atoms with van der Waals surface area (Å²) < 4.78 is 0. The van der Waals surface area contributed by atoms with Gasteiger partial charge >= 0.3 is 0 Å². The van der Waals surface area contributed by atoms with Crippen molar-refractivity contribution >= 4 is 23.2 Å². The summed E-state index contributed by atoms with van der Waals surface area (Å²) in [5.41, 5.74) is 1.72. The van der Waals surface area contributed by atoms with E-state index in [9.17, 15) is 4.79 Å². The molecule has 1 saturated heterocycles. The van der Waals surface area contributed by atoms with E-state index in [2.05, 4.69) is 42.2 Å². The molecule has 0 bridgehead atoms. The standard InChI is InChI=1S/C22H26N6OS/c29-21(19-17-30-20(26-19)16-18-6-2-1-3-7-18)23-10-5-11-27-12-14-28(15-13-27)22-24-8-4-9-25-22/h1-4,6-9,17H,5,10-16H2,(H,23,29). The number of piperazine rings is 1. The van der Waals surface area contributed by atoms with E-state index in [4.69, 9.17) is 0 Å². The largest absolute Gasteiger partial charge is 0.351 e. The predicted octanol–water partition coefficient (Wildman–Crippen LogP) is 2.47. The Balaban J connectivity index is 1.14. The monoisotopic (exact) mass is 422 g/mol. The number of nitrogens with one attached hydrogen (secondary N) is 1. The first-order valence-corrected chi connectivity index (χ1v) is 11.2. The van der Waals surface area contributed by atoms with Gasteiger partial charge in [-0.3, -0.25) is 9.69 Å². The van der Waals surface area contributed by atoms with Gasteiger partial charge in [-0.1, -0.05) is 30.3 Å². The van der Waals surface area contributed by atoms with E-state index in [0.29, 0.717) is 12.2 Å². The lowest BCUT2D eigenvalue weighted by Gasteiger charge is -2.34. The Kier molecular flexibility index (Phi) is 6.99.